The summed E-state index contributed by atoms with van der Waals surface area (Å²) in [5.74, 6) is 0.227. The van der Waals surface area contributed by atoms with Crippen molar-refractivity contribution >= 4 is 40.6 Å². The molecule has 12 heteroatoms. The first kappa shape index (κ1) is 24.0. The number of benzene rings is 2. The second kappa shape index (κ2) is 9.27. The Bertz CT molecular complexity index is 1230. The van der Waals surface area contributed by atoms with Crippen molar-refractivity contribution in [1.29, 1.82) is 0 Å². The number of halogens is 5. The third kappa shape index (κ3) is 4.74. The number of ether oxygens (including phenoxy) is 2. The van der Waals surface area contributed by atoms with Gasteiger partial charge in [-0.05, 0) is 35.9 Å². The minimum absolute atomic E-state index is 0.0626. The van der Waals surface area contributed by atoms with Crippen molar-refractivity contribution in [3.63, 3.8) is 0 Å². The zero-order chi connectivity index (χ0) is 24.6. The predicted octanol–water partition coefficient (Wildman–Crippen LogP) is 6.12. The van der Waals surface area contributed by atoms with E-state index in [0.29, 0.717) is 27.8 Å². The molecule has 7 nitrogen and oxygen atoms in total. The molecule has 2 atom stereocenters. The normalized spacial score (nSPS) is 17.5. The second-order valence-electron chi connectivity index (χ2n) is 7.55. The third-order valence-corrected chi connectivity index (χ3v) is 6.15. The number of aromatic nitrogens is 2. The van der Waals surface area contributed by atoms with Gasteiger partial charge in [-0.3, -0.25) is 4.79 Å². The van der Waals surface area contributed by atoms with Gasteiger partial charge in [0.05, 0.1) is 30.3 Å². The summed E-state index contributed by atoms with van der Waals surface area (Å²) in [6.45, 7) is 0. The summed E-state index contributed by atoms with van der Waals surface area (Å²) in [6, 6.07) is 7.98. The van der Waals surface area contributed by atoms with Gasteiger partial charge in [-0.25, -0.2) is 4.68 Å². The molecule has 4 rings (SSSR count). The molecule has 0 bridgehead atoms. The van der Waals surface area contributed by atoms with E-state index in [0.717, 1.165) is 4.68 Å². The molecule has 0 saturated heterocycles. The number of alkyl halides is 3. The lowest BCUT2D eigenvalue weighted by atomic mass is 9.96. The molecule has 1 aliphatic rings. The van der Waals surface area contributed by atoms with Crippen LogP contribution < -0.4 is 20.1 Å². The average Bonchev–Trinajstić information content (AvgIpc) is 3.24. The van der Waals surface area contributed by atoms with Gasteiger partial charge in [0.2, 0.25) is 0 Å². The van der Waals surface area contributed by atoms with Gasteiger partial charge in [0, 0.05) is 18.2 Å². The molecule has 3 aromatic rings. The van der Waals surface area contributed by atoms with Gasteiger partial charge in [0.1, 0.15) is 5.82 Å². The van der Waals surface area contributed by atoms with Gasteiger partial charge in [-0.15, -0.1) is 0 Å². The van der Waals surface area contributed by atoms with Crippen LogP contribution in [0.3, 0.4) is 0 Å². The summed E-state index contributed by atoms with van der Waals surface area (Å²) >= 11 is 11.8. The van der Waals surface area contributed by atoms with Crippen molar-refractivity contribution in [2.24, 2.45) is 0 Å². The number of anilines is 2. The first-order valence-corrected chi connectivity index (χ1v) is 10.8. The van der Waals surface area contributed by atoms with E-state index < -0.39 is 24.2 Å². The first-order chi connectivity index (χ1) is 16.1. The molecule has 0 spiro atoms. The highest BCUT2D eigenvalue weighted by Crippen LogP contribution is 2.44. The fourth-order valence-corrected chi connectivity index (χ4v) is 4.04. The van der Waals surface area contributed by atoms with Crippen LogP contribution in [-0.4, -0.2) is 36.1 Å². The fourth-order valence-electron chi connectivity index (χ4n) is 3.74. The number of fused-ring (bicyclic) bond motifs is 1. The molecule has 0 unspecified atom stereocenters. The van der Waals surface area contributed by atoms with E-state index in [1.54, 1.807) is 18.2 Å². The maximum Gasteiger partial charge on any atom is 0.410 e. The number of nitrogens with zero attached hydrogens (tertiary/aromatic N) is 2. The van der Waals surface area contributed by atoms with E-state index in [-0.39, 0.29) is 23.0 Å². The third-order valence-electron chi connectivity index (χ3n) is 5.41. The summed E-state index contributed by atoms with van der Waals surface area (Å²) in [4.78, 5) is 12.7. The number of carbonyl (C=O) groups is 1. The van der Waals surface area contributed by atoms with Crippen LogP contribution in [-0.2, 0) is 0 Å². The number of rotatable bonds is 5. The van der Waals surface area contributed by atoms with Gasteiger partial charge in [-0.2, -0.15) is 18.3 Å². The number of nitrogens with one attached hydrogen (secondary N) is 2. The molecule has 2 aromatic carbocycles. The Morgan fingerprint density at radius 2 is 1.82 bits per heavy atom. The second-order valence-corrected chi connectivity index (χ2v) is 8.36. The van der Waals surface area contributed by atoms with Crippen LogP contribution in [0.2, 0.25) is 10.0 Å². The highest BCUT2D eigenvalue weighted by molar-refractivity contribution is 6.42. The van der Waals surface area contributed by atoms with Crippen molar-refractivity contribution in [3.05, 3.63) is 63.8 Å². The summed E-state index contributed by atoms with van der Waals surface area (Å²) in [6.07, 6.45) is -4.92. The van der Waals surface area contributed by atoms with E-state index >= 15 is 0 Å². The quantitative estimate of drug-likeness (QED) is 0.428. The molecule has 0 fully saturated rings. The van der Waals surface area contributed by atoms with Crippen molar-refractivity contribution < 1.29 is 27.4 Å². The molecule has 0 aliphatic carbocycles. The number of hydrogen-bond donors (Lipinski definition) is 2. The molecule has 0 saturated carbocycles. The van der Waals surface area contributed by atoms with Crippen molar-refractivity contribution in [1.82, 2.24) is 9.78 Å². The summed E-state index contributed by atoms with van der Waals surface area (Å²) in [5, 5.41) is 10.1. The van der Waals surface area contributed by atoms with Crippen LogP contribution in [0.1, 0.15) is 34.6 Å². The van der Waals surface area contributed by atoms with Crippen LogP contribution in [0, 0.1) is 0 Å². The molecule has 1 aromatic heterocycles. The number of hydrogen-bond acceptors (Lipinski definition) is 5. The van der Waals surface area contributed by atoms with Crippen LogP contribution in [0.5, 0.6) is 11.5 Å². The topological polar surface area (TPSA) is 77.4 Å². The maximum absolute atomic E-state index is 14.0. The lowest BCUT2D eigenvalue weighted by Crippen LogP contribution is -2.35. The average molecular weight is 515 g/mol. The Labute approximate surface area is 202 Å². The van der Waals surface area contributed by atoms with Crippen molar-refractivity contribution in [3.8, 4) is 11.5 Å². The lowest BCUT2D eigenvalue weighted by molar-refractivity contribution is -0.173. The summed E-state index contributed by atoms with van der Waals surface area (Å²) < 4.78 is 53.1. The Balaban J connectivity index is 1.64. The SMILES string of the molecule is COc1ccc([C@@H]2C[C@H](C(F)(F)F)n3nc(C(=O)Nc4ccc(Cl)c(Cl)c4)cc3N2)cc1OC. The van der Waals surface area contributed by atoms with E-state index in [9.17, 15) is 18.0 Å². The Morgan fingerprint density at radius 3 is 2.47 bits per heavy atom. The van der Waals surface area contributed by atoms with Gasteiger partial charge >= 0.3 is 6.18 Å². The van der Waals surface area contributed by atoms with Crippen LogP contribution in [0.25, 0.3) is 0 Å². The Hall–Kier alpha value is -3.11. The smallest absolute Gasteiger partial charge is 0.410 e. The molecule has 2 N–H and O–H groups in total. The maximum atomic E-state index is 14.0. The van der Waals surface area contributed by atoms with Crippen molar-refractivity contribution in [2.45, 2.75) is 24.7 Å². The zero-order valence-electron chi connectivity index (χ0n) is 17.9. The Morgan fingerprint density at radius 1 is 1.09 bits per heavy atom. The van der Waals surface area contributed by atoms with E-state index in [1.165, 1.54) is 38.5 Å². The molecule has 1 amide bonds. The zero-order valence-corrected chi connectivity index (χ0v) is 19.4. The molecular formula is C22H19Cl2F3N4O3. The highest BCUT2D eigenvalue weighted by Gasteiger charge is 2.47. The molecule has 2 heterocycles. The van der Waals surface area contributed by atoms with Gasteiger partial charge in [0.15, 0.2) is 23.2 Å². The fraction of sp³-hybridized carbons (Fsp3) is 0.273. The van der Waals surface area contributed by atoms with Gasteiger partial charge in [-0.1, -0.05) is 29.3 Å². The highest BCUT2D eigenvalue weighted by atomic mass is 35.5. The Kier molecular flexibility index (Phi) is 6.55. The van der Waals surface area contributed by atoms with Gasteiger partial charge < -0.3 is 20.1 Å². The molecule has 180 valence electrons. The standard InChI is InChI=1S/C22H19Cl2F3N4O3/c1-33-17-6-3-11(7-18(17)34-2)15-9-19(22(25,26)27)31-20(29-15)10-16(30-31)21(32)28-12-4-5-13(23)14(24)8-12/h3-8,10,15,19,29H,9H2,1-2H3,(H,28,32)/t15-,19+/m0/s1. The van der Waals surface area contributed by atoms with Crippen molar-refractivity contribution in [2.75, 3.05) is 24.9 Å². The van der Waals surface area contributed by atoms with Crippen LogP contribution in [0.15, 0.2) is 42.5 Å². The predicted molar refractivity (Wildman–Crippen MR) is 122 cm³/mol. The summed E-state index contributed by atoms with van der Waals surface area (Å²) in [5.41, 5.74) is 0.714. The molecule has 34 heavy (non-hydrogen) atoms. The largest absolute Gasteiger partial charge is 0.493 e. The summed E-state index contributed by atoms with van der Waals surface area (Å²) in [7, 11) is 2.92. The number of amides is 1. The minimum atomic E-state index is -4.59. The molecule has 1 aliphatic heterocycles. The van der Waals surface area contributed by atoms with E-state index in [2.05, 4.69) is 15.7 Å². The van der Waals surface area contributed by atoms with Gasteiger partial charge in [0.25, 0.3) is 5.91 Å². The first-order valence-electron chi connectivity index (χ1n) is 10.0. The molecule has 0 radical (unpaired) electrons. The lowest BCUT2D eigenvalue weighted by Gasteiger charge is -2.33. The molecular weight excluding hydrogens is 496 g/mol. The van der Waals surface area contributed by atoms with Crippen LogP contribution >= 0.6 is 23.2 Å². The number of methoxy groups -OCH3 is 2. The number of carbonyl (C=O) groups excluding carboxylic acids is 1. The van der Waals surface area contributed by atoms with Crippen LogP contribution in [0.4, 0.5) is 24.7 Å². The minimum Gasteiger partial charge on any atom is -0.493 e. The van der Waals surface area contributed by atoms with E-state index in [1.807, 2.05) is 0 Å². The van der Waals surface area contributed by atoms with E-state index in [4.69, 9.17) is 32.7 Å². The monoisotopic (exact) mass is 514 g/mol.